The first kappa shape index (κ1) is 17.2. The van der Waals surface area contributed by atoms with Crippen LogP contribution in [0.5, 0.6) is 0 Å². The molecule has 0 aliphatic rings. The normalized spacial score (nSPS) is 11.1. The summed E-state index contributed by atoms with van der Waals surface area (Å²) in [7, 11) is 0. The Morgan fingerprint density at radius 2 is 2.20 bits per heavy atom. The van der Waals surface area contributed by atoms with E-state index in [-0.39, 0.29) is 5.88 Å². The lowest BCUT2D eigenvalue weighted by Gasteiger charge is -2.01. The minimum atomic E-state index is -0.641. The van der Waals surface area contributed by atoms with E-state index in [2.05, 4.69) is 10.5 Å². The zero-order chi connectivity index (χ0) is 17.8. The third-order valence-electron chi connectivity index (χ3n) is 3.17. The molecule has 0 spiro atoms. The van der Waals surface area contributed by atoms with E-state index in [1.807, 2.05) is 24.3 Å². The van der Waals surface area contributed by atoms with E-state index in [0.717, 1.165) is 15.0 Å². The van der Waals surface area contributed by atoms with Crippen LogP contribution in [-0.2, 0) is 14.3 Å². The highest BCUT2D eigenvalue weighted by Crippen LogP contribution is 2.35. The van der Waals surface area contributed by atoms with Crippen LogP contribution in [0.3, 0.4) is 0 Å². The van der Waals surface area contributed by atoms with Gasteiger partial charge in [0, 0.05) is 27.1 Å². The number of ether oxygens (including phenoxy) is 1. The molecule has 0 saturated heterocycles. The number of nitrogens with one attached hydrogen (secondary N) is 1. The van der Waals surface area contributed by atoms with Crippen LogP contribution < -0.4 is 5.32 Å². The van der Waals surface area contributed by atoms with E-state index in [9.17, 15) is 9.59 Å². The number of esters is 1. The number of nitrogens with zero attached hydrogens (tertiary/aromatic N) is 1. The Labute approximate surface area is 152 Å². The average molecular weight is 377 g/mol. The van der Waals surface area contributed by atoms with Crippen LogP contribution in [0.15, 0.2) is 40.9 Å². The smallest absolute Gasteiger partial charge is 0.331 e. The second-order valence-corrected chi connectivity index (χ2v) is 6.56. The number of aryl methyl sites for hydroxylation is 1. The number of carbonyl (C=O) groups is 2. The summed E-state index contributed by atoms with van der Waals surface area (Å²) < 4.78 is 10.7. The van der Waals surface area contributed by atoms with E-state index < -0.39 is 18.5 Å². The Morgan fingerprint density at radius 3 is 2.92 bits per heavy atom. The first-order valence-corrected chi connectivity index (χ1v) is 8.47. The number of thiophene rings is 1. The van der Waals surface area contributed by atoms with Crippen LogP contribution in [0.1, 0.15) is 10.6 Å². The van der Waals surface area contributed by atoms with E-state index in [1.165, 1.54) is 17.4 Å². The summed E-state index contributed by atoms with van der Waals surface area (Å²) in [6.07, 6.45) is 2.81. The Bertz CT molecular complexity index is 961. The van der Waals surface area contributed by atoms with E-state index in [4.69, 9.17) is 20.9 Å². The molecule has 0 radical (unpaired) electrons. The molecular formula is C17H13ClN2O4S. The van der Waals surface area contributed by atoms with E-state index in [0.29, 0.717) is 10.7 Å². The molecule has 25 heavy (non-hydrogen) atoms. The van der Waals surface area contributed by atoms with Crippen LogP contribution in [0.25, 0.3) is 16.2 Å². The van der Waals surface area contributed by atoms with Crippen LogP contribution >= 0.6 is 22.9 Å². The number of aromatic nitrogens is 1. The molecule has 0 aliphatic heterocycles. The van der Waals surface area contributed by atoms with Gasteiger partial charge < -0.3 is 9.26 Å². The van der Waals surface area contributed by atoms with Crippen LogP contribution in [0.2, 0.25) is 5.02 Å². The Kier molecular flexibility index (Phi) is 5.16. The Morgan fingerprint density at radius 1 is 1.40 bits per heavy atom. The Balaban J connectivity index is 1.55. The molecule has 3 aromatic rings. The van der Waals surface area contributed by atoms with Crippen molar-refractivity contribution in [3.63, 3.8) is 0 Å². The standard InChI is InChI=1S/C17H13ClN2O4S/c1-10-8-15(24-20-10)19-14(21)9-23-16(22)7-6-13-17(18)11-4-2-3-5-12(11)25-13/h2-8H,9H2,1H3,(H,19,21)/b7-6+. The number of halogens is 1. The third kappa shape index (κ3) is 4.26. The fourth-order valence-corrected chi connectivity index (χ4v) is 3.46. The van der Waals surface area contributed by atoms with Crippen molar-refractivity contribution < 1.29 is 18.8 Å². The molecule has 0 saturated carbocycles. The first-order chi connectivity index (χ1) is 12.0. The number of hydrogen-bond donors (Lipinski definition) is 1. The lowest BCUT2D eigenvalue weighted by molar-refractivity contribution is -0.142. The minimum absolute atomic E-state index is 0.200. The maximum absolute atomic E-state index is 11.7. The minimum Gasteiger partial charge on any atom is -0.452 e. The van der Waals surface area contributed by atoms with Crippen molar-refractivity contribution in [1.82, 2.24) is 5.16 Å². The molecule has 1 N–H and O–H groups in total. The maximum atomic E-state index is 11.7. The maximum Gasteiger partial charge on any atom is 0.331 e. The molecule has 8 heteroatoms. The molecule has 0 aliphatic carbocycles. The molecule has 1 aromatic carbocycles. The van der Waals surface area contributed by atoms with Crippen molar-refractivity contribution in [1.29, 1.82) is 0 Å². The predicted octanol–water partition coefficient (Wildman–Crippen LogP) is 4.05. The summed E-state index contributed by atoms with van der Waals surface area (Å²) in [5, 5.41) is 7.58. The van der Waals surface area contributed by atoms with Crippen molar-refractivity contribution in [2.75, 3.05) is 11.9 Å². The molecule has 1 amide bonds. The molecular weight excluding hydrogens is 364 g/mol. The molecule has 0 atom stereocenters. The van der Waals surface area contributed by atoms with Gasteiger partial charge in [0.1, 0.15) is 0 Å². The number of anilines is 1. The van der Waals surface area contributed by atoms with Crippen LogP contribution in [0.4, 0.5) is 5.88 Å². The first-order valence-electron chi connectivity index (χ1n) is 7.28. The molecule has 0 unspecified atom stereocenters. The fraction of sp³-hybridized carbons (Fsp3) is 0.118. The average Bonchev–Trinajstić information content (AvgIpc) is 3.15. The lowest BCUT2D eigenvalue weighted by atomic mass is 10.2. The molecule has 3 rings (SSSR count). The highest BCUT2D eigenvalue weighted by atomic mass is 35.5. The SMILES string of the molecule is Cc1cc(NC(=O)COC(=O)/C=C/c2sc3ccccc3c2Cl)on1. The molecule has 2 heterocycles. The van der Waals surface area contributed by atoms with Crippen molar-refractivity contribution in [3.05, 3.63) is 52.0 Å². The fourth-order valence-electron chi connectivity index (χ4n) is 2.06. The van der Waals surface area contributed by atoms with Gasteiger partial charge in [-0.2, -0.15) is 0 Å². The number of amides is 1. The monoisotopic (exact) mass is 376 g/mol. The van der Waals surface area contributed by atoms with Gasteiger partial charge in [0.15, 0.2) is 6.61 Å². The van der Waals surface area contributed by atoms with Gasteiger partial charge in [-0.15, -0.1) is 11.3 Å². The van der Waals surface area contributed by atoms with Crippen molar-refractivity contribution in [2.45, 2.75) is 6.92 Å². The zero-order valence-electron chi connectivity index (χ0n) is 13.1. The highest BCUT2D eigenvalue weighted by Gasteiger charge is 2.10. The number of hydrogen-bond acceptors (Lipinski definition) is 6. The van der Waals surface area contributed by atoms with Crippen molar-refractivity contribution in [2.24, 2.45) is 0 Å². The van der Waals surface area contributed by atoms with Gasteiger partial charge in [-0.05, 0) is 19.1 Å². The van der Waals surface area contributed by atoms with E-state index >= 15 is 0 Å². The van der Waals surface area contributed by atoms with E-state index in [1.54, 1.807) is 19.1 Å². The largest absolute Gasteiger partial charge is 0.452 e. The molecule has 128 valence electrons. The molecule has 2 aromatic heterocycles. The van der Waals surface area contributed by atoms with Gasteiger partial charge >= 0.3 is 5.97 Å². The summed E-state index contributed by atoms with van der Waals surface area (Å²) >= 11 is 7.76. The van der Waals surface area contributed by atoms with Crippen molar-refractivity contribution in [3.8, 4) is 0 Å². The zero-order valence-corrected chi connectivity index (χ0v) is 14.7. The summed E-state index contributed by atoms with van der Waals surface area (Å²) in [6.45, 7) is 1.30. The topological polar surface area (TPSA) is 81.4 Å². The predicted molar refractivity (Wildman–Crippen MR) is 96.7 cm³/mol. The van der Waals surface area contributed by atoms with Crippen LogP contribution in [-0.4, -0.2) is 23.6 Å². The van der Waals surface area contributed by atoms with Crippen LogP contribution in [0, 0.1) is 6.92 Å². The summed E-state index contributed by atoms with van der Waals surface area (Å²) in [6, 6.07) is 9.25. The second kappa shape index (κ2) is 7.50. The number of rotatable bonds is 5. The number of benzene rings is 1. The number of carbonyl (C=O) groups excluding carboxylic acids is 2. The Hall–Kier alpha value is -2.64. The van der Waals surface area contributed by atoms with Gasteiger partial charge in [-0.1, -0.05) is 35.0 Å². The van der Waals surface area contributed by atoms with Gasteiger partial charge in [0.05, 0.1) is 10.7 Å². The summed E-state index contributed by atoms with van der Waals surface area (Å²) in [5.41, 5.74) is 0.635. The molecule has 6 nitrogen and oxygen atoms in total. The quantitative estimate of drug-likeness (QED) is 0.536. The van der Waals surface area contributed by atoms with Gasteiger partial charge in [-0.25, -0.2) is 4.79 Å². The summed E-state index contributed by atoms with van der Waals surface area (Å²) in [5.74, 6) is -0.957. The summed E-state index contributed by atoms with van der Waals surface area (Å²) in [4.78, 5) is 24.1. The lowest BCUT2D eigenvalue weighted by Crippen LogP contribution is -2.19. The van der Waals surface area contributed by atoms with Gasteiger partial charge in [0.25, 0.3) is 5.91 Å². The molecule has 0 fully saturated rings. The second-order valence-electron chi connectivity index (χ2n) is 5.10. The van der Waals surface area contributed by atoms with Gasteiger partial charge in [0.2, 0.25) is 5.88 Å². The third-order valence-corrected chi connectivity index (χ3v) is 4.82. The van der Waals surface area contributed by atoms with Gasteiger partial charge in [-0.3, -0.25) is 10.1 Å². The van der Waals surface area contributed by atoms with Crippen molar-refractivity contribution >= 4 is 56.9 Å². The molecule has 0 bridgehead atoms. The number of fused-ring (bicyclic) bond motifs is 1. The highest BCUT2D eigenvalue weighted by molar-refractivity contribution is 7.20.